The van der Waals surface area contributed by atoms with Crippen molar-refractivity contribution in [1.29, 1.82) is 0 Å². The second-order valence-corrected chi connectivity index (χ2v) is 13.0. The minimum absolute atomic E-state index is 0.0722. The van der Waals surface area contributed by atoms with E-state index in [1.165, 1.54) is 109 Å². The lowest BCUT2D eigenvalue weighted by Gasteiger charge is -2.20. The molecule has 0 aromatic carbocycles. The van der Waals surface area contributed by atoms with Gasteiger partial charge in [-0.05, 0) is 57.8 Å². The summed E-state index contributed by atoms with van der Waals surface area (Å²) in [5, 5.41) is 22.8. The van der Waals surface area contributed by atoms with Crippen LogP contribution in [0, 0.1) is 0 Å². The molecule has 0 saturated carbocycles. The highest BCUT2D eigenvalue weighted by Gasteiger charge is 2.17. The first-order valence-corrected chi connectivity index (χ1v) is 19.5. The number of carbonyl (C=O) groups is 1. The van der Waals surface area contributed by atoms with Crippen molar-refractivity contribution in [1.82, 2.24) is 5.32 Å². The lowest BCUT2D eigenvalue weighted by atomic mass is 10.0. The topological polar surface area (TPSA) is 69.6 Å². The average molecular weight is 642 g/mol. The van der Waals surface area contributed by atoms with E-state index in [-0.39, 0.29) is 12.5 Å². The van der Waals surface area contributed by atoms with Gasteiger partial charge in [-0.25, -0.2) is 0 Å². The van der Waals surface area contributed by atoms with Crippen LogP contribution in [0.5, 0.6) is 0 Å². The lowest BCUT2D eigenvalue weighted by molar-refractivity contribution is -0.123. The highest BCUT2D eigenvalue weighted by atomic mass is 16.3. The molecule has 2 atom stereocenters. The fourth-order valence-corrected chi connectivity index (χ4v) is 5.52. The summed E-state index contributed by atoms with van der Waals surface area (Å²) in [6, 6.07) is -0.622. The first kappa shape index (κ1) is 44.1. The fraction of sp³-hybridized carbons (Fsp3) is 0.738. The van der Waals surface area contributed by atoms with E-state index in [0.717, 1.165) is 51.4 Å². The SMILES string of the molecule is CC/C=C\C/C=C\C/C=C\C/C=C\CCCCCCCCCCCCCCC(=O)NC(CO)C(O)/C=C/CCCCCCCCC. The standard InChI is InChI=1S/C42H75NO3/c1-3-5-7-9-11-13-14-15-16-17-18-19-20-21-22-23-24-25-26-27-28-30-32-34-36-38-42(46)43-40(39-44)41(45)37-35-33-31-29-12-10-8-6-4-2/h5,7,11,13,15-16,18-19,35,37,40-41,44-45H,3-4,6,8-10,12,14,17,20-34,36,38-39H2,1-2H3,(H,43,46)/b7-5-,13-11-,16-15-,19-18-,37-35+. The highest BCUT2D eigenvalue weighted by Crippen LogP contribution is 2.14. The molecule has 0 aromatic rings. The van der Waals surface area contributed by atoms with Crippen LogP contribution in [0.25, 0.3) is 0 Å². The van der Waals surface area contributed by atoms with E-state index in [0.29, 0.717) is 6.42 Å². The number of carbonyl (C=O) groups excluding carboxylic acids is 1. The number of aliphatic hydroxyl groups excluding tert-OH is 2. The minimum atomic E-state index is -0.838. The van der Waals surface area contributed by atoms with Gasteiger partial charge >= 0.3 is 0 Å². The Morgan fingerprint density at radius 3 is 1.43 bits per heavy atom. The summed E-state index contributed by atoms with van der Waals surface area (Å²) >= 11 is 0. The number of rotatable bonds is 34. The molecule has 1 amide bonds. The van der Waals surface area contributed by atoms with Gasteiger partial charge in [-0.3, -0.25) is 4.79 Å². The van der Waals surface area contributed by atoms with Crippen LogP contribution in [-0.4, -0.2) is 34.9 Å². The molecular formula is C42H75NO3. The van der Waals surface area contributed by atoms with Gasteiger partial charge in [-0.2, -0.15) is 0 Å². The zero-order chi connectivity index (χ0) is 33.6. The molecule has 0 radical (unpaired) electrons. The van der Waals surface area contributed by atoms with Crippen molar-refractivity contribution in [2.75, 3.05) is 6.61 Å². The Hall–Kier alpha value is -1.91. The molecule has 4 heteroatoms. The number of allylic oxidation sites excluding steroid dienone is 9. The number of amides is 1. The molecule has 46 heavy (non-hydrogen) atoms. The Morgan fingerprint density at radius 1 is 0.543 bits per heavy atom. The molecule has 2 unspecified atom stereocenters. The van der Waals surface area contributed by atoms with E-state index in [1.54, 1.807) is 6.08 Å². The van der Waals surface area contributed by atoms with Crippen molar-refractivity contribution >= 4 is 5.91 Å². The third kappa shape index (κ3) is 33.5. The van der Waals surface area contributed by atoms with Gasteiger partial charge in [-0.15, -0.1) is 0 Å². The van der Waals surface area contributed by atoms with Crippen molar-refractivity contribution in [2.45, 2.75) is 193 Å². The van der Waals surface area contributed by atoms with Crippen molar-refractivity contribution in [3.63, 3.8) is 0 Å². The van der Waals surface area contributed by atoms with E-state index in [2.05, 4.69) is 67.8 Å². The van der Waals surface area contributed by atoms with Gasteiger partial charge in [0.2, 0.25) is 5.91 Å². The van der Waals surface area contributed by atoms with Gasteiger partial charge in [0.15, 0.2) is 0 Å². The number of hydrogen-bond donors (Lipinski definition) is 3. The van der Waals surface area contributed by atoms with Gasteiger partial charge in [0.05, 0.1) is 18.8 Å². The first-order valence-electron chi connectivity index (χ1n) is 19.5. The Morgan fingerprint density at radius 2 is 0.957 bits per heavy atom. The van der Waals surface area contributed by atoms with Gasteiger partial charge < -0.3 is 15.5 Å². The van der Waals surface area contributed by atoms with Crippen molar-refractivity contribution < 1.29 is 15.0 Å². The van der Waals surface area contributed by atoms with Gasteiger partial charge in [0.25, 0.3) is 0 Å². The number of unbranched alkanes of at least 4 members (excludes halogenated alkanes) is 19. The smallest absolute Gasteiger partial charge is 0.220 e. The van der Waals surface area contributed by atoms with Crippen LogP contribution >= 0.6 is 0 Å². The molecule has 0 aliphatic heterocycles. The molecule has 0 spiro atoms. The molecule has 266 valence electrons. The van der Waals surface area contributed by atoms with Crippen LogP contribution < -0.4 is 5.32 Å². The summed E-state index contributed by atoms with van der Waals surface area (Å²) in [5.41, 5.74) is 0. The maximum atomic E-state index is 12.3. The summed E-state index contributed by atoms with van der Waals surface area (Å²) in [5.74, 6) is -0.0722. The van der Waals surface area contributed by atoms with E-state index in [1.807, 2.05) is 6.08 Å². The quantitative estimate of drug-likeness (QED) is 0.0483. The van der Waals surface area contributed by atoms with E-state index < -0.39 is 12.1 Å². The summed E-state index contributed by atoms with van der Waals surface area (Å²) in [6.07, 6.45) is 51.8. The zero-order valence-corrected chi connectivity index (χ0v) is 30.3. The Bertz CT molecular complexity index is 782. The van der Waals surface area contributed by atoms with Gasteiger partial charge in [0, 0.05) is 6.42 Å². The summed E-state index contributed by atoms with van der Waals surface area (Å²) in [4.78, 5) is 12.3. The van der Waals surface area contributed by atoms with Crippen molar-refractivity contribution in [3.05, 3.63) is 60.8 Å². The van der Waals surface area contributed by atoms with Gasteiger partial charge in [0.1, 0.15) is 0 Å². The van der Waals surface area contributed by atoms with Crippen LogP contribution in [0.4, 0.5) is 0 Å². The maximum Gasteiger partial charge on any atom is 0.220 e. The molecule has 0 rings (SSSR count). The summed E-state index contributed by atoms with van der Waals surface area (Å²) in [7, 11) is 0. The molecule has 0 aliphatic carbocycles. The molecule has 3 N–H and O–H groups in total. The molecule has 4 nitrogen and oxygen atoms in total. The van der Waals surface area contributed by atoms with Crippen LogP contribution in [0.15, 0.2) is 60.8 Å². The number of aliphatic hydroxyl groups is 2. The second-order valence-electron chi connectivity index (χ2n) is 13.0. The lowest BCUT2D eigenvalue weighted by Crippen LogP contribution is -2.45. The molecule has 0 heterocycles. The molecule has 0 bridgehead atoms. The predicted molar refractivity (Wildman–Crippen MR) is 202 cm³/mol. The molecular weight excluding hydrogens is 566 g/mol. The number of hydrogen-bond acceptors (Lipinski definition) is 3. The highest BCUT2D eigenvalue weighted by molar-refractivity contribution is 5.76. The molecule has 0 aromatic heterocycles. The summed E-state index contributed by atoms with van der Waals surface area (Å²) < 4.78 is 0. The van der Waals surface area contributed by atoms with E-state index in [9.17, 15) is 15.0 Å². The second kappa shape index (κ2) is 37.5. The van der Waals surface area contributed by atoms with Crippen LogP contribution in [-0.2, 0) is 4.79 Å². The largest absolute Gasteiger partial charge is 0.394 e. The third-order valence-corrected chi connectivity index (χ3v) is 8.51. The Labute approximate surface area is 286 Å². The maximum absolute atomic E-state index is 12.3. The Balaban J connectivity index is 3.55. The third-order valence-electron chi connectivity index (χ3n) is 8.51. The van der Waals surface area contributed by atoms with Crippen molar-refractivity contribution in [3.8, 4) is 0 Å². The first-order chi connectivity index (χ1) is 22.7. The molecule has 0 saturated heterocycles. The van der Waals surface area contributed by atoms with Crippen LogP contribution in [0.3, 0.4) is 0 Å². The minimum Gasteiger partial charge on any atom is -0.394 e. The van der Waals surface area contributed by atoms with E-state index in [4.69, 9.17) is 0 Å². The van der Waals surface area contributed by atoms with E-state index >= 15 is 0 Å². The Kier molecular flexibility index (Phi) is 36.0. The van der Waals surface area contributed by atoms with Crippen molar-refractivity contribution in [2.24, 2.45) is 0 Å². The number of nitrogens with one attached hydrogen (secondary N) is 1. The summed E-state index contributed by atoms with van der Waals surface area (Å²) in [6.45, 7) is 4.15. The average Bonchev–Trinajstić information content (AvgIpc) is 3.06. The van der Waals surface area contributed by atoms with Crippen LogP contribution in [0.1, 0.15) is 181 Å². The molecule has 0 fully saturated rings. The van der Waals surface area contributed by atoms with Gasteiger partial charge in [-0.1, -0.05) is 177 Å². The fourth-order valence-electron chi connectivity index (χ4n) is 5.52. The molecule has 0 aliphatic rings. The normalized spacial score (nSPS) is 13.7. The van der Waals surface area contributed by atoms with Crippen LogP contribution in [0.2, 0.25) is 0 Å². The zero-order valence-electron chi connectivity index (χ0n) is 30.3. The monoisotopic (exact) mass is 642 g/mol. The predicted octanol–water partition coefficient (Wildman–Crippen LogP) is 11.8.